The van der Waals surface area contributed by atoms with Crippen LogP contribution in [0.3, 0.4) is 0 Å². The zero-order chi connectivity index (χ0) is 11.6. The summed E-state index contributed by atoms with van der Waals surface area (Å²) in [5.74, 6) is 1.35. The van der Waals surface area contributed by atoms with Crippen LogP contribution in [0.5, 0.6) is 5.75 Å². The number of benzene rings is 1. The molecule has 0 spiro atoms. The highest BCUT2D eigenvalue weighted by atomic mass is 16.5. The lowest BCUT2D eigenvalue weighted by atomic mass is 9.71. The zero-order valence-electron chi connectivity index (χ0n) is 10.1. The Kier molecular flexibility index (Phi) is 3.20. The monoisotopic (exact) mass is 220 g/mol. The molecule has 16 heavy (non-hydrogen) atoms. The minimum atomic E-state index is -0.549. The molecule has 2 nitrogen and oxygen atoms in total. The second-order valence-electron chi connectivity index (χ2n) is 5.01. The van der Waals surface area contributed by atoms with Gasteiger partial charge in [-0.2, -0.15) is 0 Å². The van der Waals surface area contributed by atoms with Crippen LogP contribution in [0.4, 0.5) is 0 Å². The molecule has 2 rings (SSSR count). The second kappa shape index (κ2) is 4.46. The molecule has 1 aliphatic carbocycles. The van der Waals surface area contributed by atoms with Crippen molar-refractivity contribution >= 4 is 0 Å². The van der Waals surface area contributed by atoms with Gasteiger partial charge in [0.1, 0.15) is 5.75 Å². The molecular formula is C14H20O2. The van der Waals surface area contributed by atoms with E-state index in [9.17, 15) is 5.11 Å². The largest absolute Gasteiger partial charge is 0.497 e. The summed E-state index contributed by atoms with van der Waals surface area (Å²) in [5, 5.41) is 10.4. The predicted octanol–water partition coefficient (Wildman–Crippen LogP) is 2.79. The Balaban J connectivity index is 2.01. The first-order chi connectivity index (χ1) is 7.62. The highest BCUT2D eigenvalue weighted by Crippen LogP contribution is 2.37. The van der Waals surface area contributed by atoms with Gasteiger partial charge in [0.15, 0.2) is 0 Å². The van der Waals surface area contributed by atoms with Crippen LogP contribution in [0.1, 0.15) is 31.7 Å². The average molecular weight is 220 g/mol. The summed E-state index contributed by atoms with van der Waals surface area (Å²) in [5.41, 5.74) is 0.630. The molecule has 1 fully saturated rings. The first-order valence-corrected chi connectivity index (χ1v) is 5.97. The SMILES string of the molecule is COc1ccc(CC(C)(O)C2CCC2)cc1. The molecule has 1 aromatic rings. The quantitative estimate of drug-likeness (QED) is 0.845. The summed E-state index contributed by atoms with van der Waals surface area (Å²) in [7, 11) is 1.67. The van der Waals surface area contributed by atoms with E-state index in [-0.39, 0.29) is 0 Å². The Morgan fingerprint density at radius 3 is 2.38 bits per heavy atom. The van der Waals surface area contributed by atoms with Gasteiger partial charge in [-0.1, -0.05) is 18.6 Å². The van der Waals surface area contributed by atoms with Gasteiger partial charge in [-0.3, -0.25) is 0 Å². The Morgan fingerprint density at radius 2 is 1.94 bits per heavy atom. The van der Waals surface area contributed by atoms with Crippen LogP contribution in [0, 0.1) is 5.92 Å². The maximum Gasteiger partial charge on any atom is 0.118 e. The van der Waals surface area contributed by atoms with Gasteiger partial charge in [-0.15, -0.1) is 0 Å². The molecule has 88 valence electrons. The molecule has 1 atom stereocenters. The van der Waals surface area contributed by atoms with E-state index >= 15 is 0 Å². The van der Waals surface area contributed by atoms with Gasteiger partial charge in [0.25, 0.3) is 0 Å². The van der Waals surface area contributed by atoms with E-state index in [0.29, 0.717) is 5.92 Å². The number of ether oxygens (including phenoxy) is 1. The molecule has 0 amide bonds. The van der Waals surface area contributed by atoms with E-state index in [1.807, 2.05) is 31.2 Å². The smallest absolute Gasteiger partial charge is 0.118 e. The molecular weight excluding hydrogens is 200 g/mol. The van der Waals surface area contributed by atoms with Crippen LogP contribution in [0.15, 0.2) is 24.3 Å². The van der Waals surface area contributed by atoms with Crippen LogP contribution in [0.2, 0.25) is 0 Å². The van der Waals surface area contributed by atoms with Crippen molar-refractivity contribution in [1.82, 2.24) is 0 Å². The molecule has 1 aliphatic rings. The van der Waals surface area contributed by atoms with Gasteiger partial charge in [0.05, 0.1) is 12.7 Å². The fourth-order valence-corrected chi connectivity index (χ4v) is 2.33. The van der Waals surface area contributed by atoms with Crippen LogP contribution < -0.4 is 4.74 Å². The average Bonchev–Trinajstić information content (AvgIpc) is 2.14. The van der Waals surface area contributed by atoms with Crippen molar-refractivity contribution in [2.24, 2.45) is 5.92 Å². The Morgan fingerprint density at radius 1 is 1.31 bits per heavy atom. The third-order valence-electron chi connectivity index (χ3n) is 3.71. The van der Waals surface area contributed by atoms with Gasteiger partial charge < -0.3 is 9.84 Å². The van der Waals surface area contributed by atoms with Crippen LogP contribution in [-0.4, -0.2) is 17.8 Å². The maximum atomic E-state index is 10.4. The van der Waals surface area contributed by atoms with Crippen molar-refractivity contribution in [2.75, 3.05) is 7.11 Å². The van der Waals surface area contributed by atoms with Crippen molar-refractivity contribution in [1.29, 1.82) is 0 Å². The molecule has 1 unspecified atom stereocenters. The molecule has 1 saturated carbocycles. The number of hydrogen-bond donors (Lipinski definition) is 1. The van der Waals surface area contributed by atoms with Gasteiger partial charge in [0, 0.05) is 6.42 Å². The summed E-state index contributed by atoms with van der Waals surface area (Å²) in [6.45, 7) is 1.96. The van der Waals surface area contributed by atoms with E-state index in [1.165, 1.54) is 24.8 Å². The molecule has 0 aliphatic heterocycles. The topological polar surface area (TPSA) is 29.5 Å². The van der Waals surface area contributed by atoms with Crippen molar-refractivity contribution in [2.45, 2.75) is 38.2 Å². The summed E-state index contributed by atoms with van der Waals surface area (Å²) in [4.78, 5) is 0. The predicted molar refractivity (Wildman–Crippen MR) is 64.7 cm³/mol. The van der Waals surface area contributed by atoms with Gasteiger partial charge in [-0.05, 0) is 43.4 Å². The standard InChI is InChI=1S/C14H20O2/c1-14(15,12-4-3-5-12)10-11-6-8-13(16-2)9-7-11/h6-9,12,15H,3-5,10H2,1-2H3. The summed E-state index contributed by atoms with van der Waals surface area (Å²) < 4.78 is 5.12. The van der Waals surface area contributed by atoms with Crippen molar-refractivity contribution in [3.63, 3.8) is 0 Å². The molecule has 0 bridgehead atoms. The summed E-state index contributed by atoms with van der Waals surface area (Å²) in [6, 6.07) is 7.97. The van der Waals surface area contributed by atoms with Crippen LogP contribution >= 0.6 is 0 Å². The molecule has 1 aromatic carbocycles. The van der Waals surface area contributed by atoms with Gasteiger partial charge >= 0.3 is 0 Å². The molecule has 0 heterocycles. The van der Waals surface area contributed by atoms with Crippen LogP contribution in [-0.2, 0) is 6.42 Å². The van der Waals surface area contributed by atoms with E-state index < -0.39 is 5.60 Å². The van der Waals surface area contributed by atoms with Crippen molar-refractivity contribution in [3.8, 4) is 5.75 Å². The van der Waals surface area contributed by atoms with Crippen LogP contribution in [0.25, 0.3) is 0 Å². The minimum Gasteiger partial charge on any atom is -0.497 e. The summed E-state index contributed by atoms with van der Waals surface area (Å²) in [6.07, 6.45) is 4.34. The van der Waals surface area contributed by atoms with E-state index in [1.54, 1.807) is 7.11 Å². The van der Waals surface area contributed by atoms with Gasteiger partial charge in [0.2, 0.25) is 0 Å². The lowest BCUT2D eigenvalue weighted by Gasteiger charge is -2.39. The summed E-state index contributed by atoms with van der Waals surface area (Å²) >= 11 is 0. The maximum absolute atomic E-state index is 10.4. The number of methoxy groups -OCH3 is 1. The third-order valence-corrected chi connectivity index (χ3v) is 3.71. The number of aliphatic hydroxyl groups is 1. The normalized spacial score (nSPS) is 19.9. The minimum absolute atomic E-state index is 0.481. The molecule has 0 saturated heterocycles. The number of hydrogen-bond acceptors (Lipinski definition) is 2. The van der Waals surface area contributed by atoms with E-state index in [0.717, 1.165) is 12.2 Å². The first-order valence-electron chi connectivity index (χ1n) is 5.97. The molecule has 0 radical (unpaired) electrons. The highest BCUT2D eigenvalue weighted by molar-refractivity contribution is 5.28. The Labute approximate surface area is 97.3 Å². The van der Waals surface area contributed by atoms with Gasteiger partial charge in [-0.25, -0.2) is 0 Å². The van der Waals surface area contributed by atoms with Crippen molar-refractivity contribution in [3.05, 3.63) is 29.8 Å². The zero-order valence-corrected chi connectivity index (χ0v) is 10.1. The Bertz CT molecular complexity index is 336. The van der Waals surface area contributed by atoms with E-state index in [2.05, 4.69) is 0 Å². The molecule has 2 heteroatoms. The fraction of sp³-hybridized carbons (Fsp3) is 0.571. The molecule has 1 N–H and O–H groups in total. The fourth-order valence-electron chi connectivity index (χ4n) is 2.33. The Hall–Kier alpha value is -1.02. The third kappa shape index (κ3) is 2.38. The van der Waals surface area contributed by atoms with Crippen molar-refractivity contribution < 1.29 is 9.84 Å². The number of rotatable bonds is 4. The highest BCUT2D eigenvalue weighted by Gasteiger charge is 2.35. The van der Waals surface area contributed by atoms with E-state index in [4.69, 9.17) is 4.74 Å². The lowest BCUT2D eigenvalue weighted by Crippen LogP contribution is -2.40. The second-order valence-corrected chi connectivity index (χ2v) is 5.01. The molecule has 0 aromatic heterocycles. The lowest BCUT2D eigenvalue weighted by molar-refractivity contribution is -0.0339. The first kappa shape index (κ1) is 11.5.